The predicted molar refractivity (Wildman–Crippen MR) is 104 cm³/mol. The lowest BCUT2D eigenvalue weighted by molar-refractivity contribution is -0.121. The molecule has 1 saturated heterocycles. The van der Waals surface area contributed by atoms with Gasteiger partial charge in [0.1, 0.15) is 0 Å². The van der Waals surface area contributed by atoms with Crippen LogP contribution in [-0.4, -0.2) is 40.2 Å². The number of carbonyl (C=O) groups excluding carboxylic acids is 1. The summed E-state index contributed by atoms with van der Waals surface area (Å²) in [5.74, 6) is 0.684. The molecule has 1 unspecified atom stereocenters. The van der Waals surface area contributed by atoms with Crippen molar-refractivity contribution in [3.63, 3.8) is 0 Å². The van der Waals surface area contributed by atoms with E-state index in [1.165, 1.54) is 0 Å². The molecule has 0 bridgehead atoms. The summed E-state index contributed by atoms with van der Waals surface area (Å²) in [6.07, 6.45) is 3.60. The third-order valence-corrected chi connectivity index (χ3v) is 4.85. The number of nitrogens with zero attached hydrogens (tertiary/aromatic N) is 3. The Morgan fingerprint density at radius 3 is 3.00 bits per heavy atom. The van der Waals surface area contributed by atoms with Crippen LogP contribution in [0.2, 0.25) is 0 Å². The minimum atomic E-state index is -0.214. The van der Waals surface area contributed by atoms with Crippen LogP contribution in [0.15, 0.2) is 53.5 Å². The van der Waals surface area contributed by atoms with E-state index >= 15 is 0 Å². The average molecular weight is 363 g/mol. The molecule has 1 amide bonds. The molecule has 0 radical (unpaired) electrons. The van der Waals surface area contributed by atoms with E-state index in [2.05, 4.69) is 25.4 Å². The van der Waals surface area contributed by atoms with E-state index < -0.39 is 0 Å². The van der Waals surface area contributed by atoms with Gasteiger partial charge in [-0.2, -0.15) is 5.10 Å². The number of anilines is 1. The Morgan fingerprint density at radius 2 is 2.15 bits per heavy atom. The fourth-order valence-electron chi connectivity index (χ4n) is 3.54. The van der Waals surface area contributed by atoms with Gasteiger partial charge in [0.15, 0.2) is 5.82 Å². The molecule has 0 aliphatic carbocycles. The number of fused-ring (bicyclic) bond motifs is 1. The zero-order chi connectivity index (χ0) is 18.6. The fourth-order valence-corrected chi connectivity index (χ4v) is 3.54. The second kappa shape index (κ2) is 7.57. The van der Waals surface area contributed by atoms with Gasteiger partial charge in [-0.1, -0.05) is 18.2 Å². The first-order valence-electron chi connectivity index (χ1n) is 9.12. The Balaban J connectivity index is 1.42. The van der Waals surface area contributed by atoms with E-state index in [1.54, 1.807) is 12.3 Å². The molecule has 7 nitrogen and oxygen atoms in total. The third-order valence-electron chi connectivity index (χ3n) is 4.85. The molecule has 1 aliphatic heterocycles. The van der Waals surface area contributed by atoms with Gasteiger partial charge in [0.25, 0.3) is 5.56 Å². The highest BCUT2D eigenvalue weighted by atomic mass is 16.2. The third kappa shape index (κ3) is 3.97. The van der Waals surface area contributed by atoms with Crippen molar-refractivity contribution in [3.8, 4) is 0 Å². The lowest BCUT2D eigenvalue weighted by Gasteiger charge is -2.33. The minimum absolute atomic E-state index is 0.0350. The second-order valence-corrected chi connectivity index (χ2v) is 6.82. The van der Waals surface area contributed by atoms with E-state index in [0.29, 0.717) is 12.1 Å². The number of aromatic nitrogens is 3. The molecule has 2 aromatic heterocycles. The number of piperidine rings is 1. The summed E-state index contributed by atoms with van der Waals surface area (Å²) >= 11 is 0. The van der Waals surface area contributed by atoms with Gasteiger partial charge in [-0.15, -0.1) is 5.10 Å². The number of hydrogen-bond acceptors (Lipinski definition) is 5. The van der Waals surface area contributed by atoms with Crippen LogP contribution in [-0.2, 0) is 11.2 Å². The van der Waals surface area contributed by atoms with Crippen molar-refractivity contribution in [2.24, 2.45) is 0 Å². The number of benzene rings is 1. The first kappa shape index (κ1) is 17.2. The highest BCUT2D eigenvalue weighted by Crippen LogP contribution is 2.17. The minimum Gasteiger partial charge on any atom is -0.353 e. The molecule has 3 aromatic rings. The van der Waals surface area contributed by atoms with Gasteiger partial charge in [-0.25, -0.2) is 0 Å². The Morgan fingerprint density at radius 1 is 1.26 bits per heavy atom. The van der Waals surface area contributed by atoms with Gasteiger partial charge in [-0.3, -0.25) is 9.59 Å². The molecule has 138 valence electrons. The molecular formula is C20H21N5O2. The molecule has 4 rings (SSSR count). The van der Waals surface area contributed by atoms with E-state index in [1.807, 2.05) is 36.4 Å². The summed E-state index contributed by atoms with van der Waals surface area (Å²) in [7, 11) is 0. The largest absolute Gasteiger partial charge is 0.353 e. The first-order valence-corrected chi connectivity index (χ1v) is 9.12. The van der Waals surface area contributed by atoms with E-state index in [4.69, 9.17) is 0 Å². The maximum absolute atomic E-state index is 12.5. The molecular weight excluding hydrogens is 342 g/mol. The van der Waals surface area contributed by atoms with E-state index in [0.717, 1.165) is 36.1 Å². The summed E-state index contributed by atoms with van der Waals surface area (Å²) in [5, 5.41) is 12.0. The van der Waals surface area contributed by atoms with Crippen LogP contribution in [0.1, 0.15) is 18.4 Å². The number of rotatable bonds is 4. The Labute approximate surface area is 156 Å². The number of H-pyrrole nitrogens is 1. The quantitative estimate of drug-likeness (QED) is 0.735. The van der Waals surface area contributed by atoms with Crippen LogP contribution in [0, 0.1) is 0 Å². The summed E-state index contributed by atoms with van der Waals surface area (Å²) in [6.45, 7) is 1.59. The standard InChI is InChI=1S/C20H21N5O2/c26-19(12-15-11-14-5-1-2-7-17(14)23-20(15)27)22-16-6-4-10-25(13-16)18-8-3-9-21-24-18/h1-3,5,7-9,11,16H,4,6,10,12-13H2,(H,22,26)(H,23,27). The molecule has 1 fully saturated rings. The SMILES string of the molecule is O=C(Cc1cc2ccccc2[nH]c1=O)NC1CCCN(c2cccnn2)C1. The number of amides is 1. The zero-order valence-corrected chi connectivity index (χ0v) is 14.9. The molecule has 0 spiro atoms. The van der Waals surface area contributed by atoms with Gasteiger partial charge in [0.05, 0.1) is 6.42 Å². The number of para-hydroxylation sites is 1. The smallest absolute Gasteiger partial charge is 0.252 e. The summed E-state index contributed by atoms with van der Waals surface area (Å²) in [4.78, 5) is 29.7. The van der Waals surface area contributed by atoms with E-state index in [-0.39, 0.29) is 23.9 Å². The number of carbonyl (C=O) groups is 1. The molecule has 2 N–H and O–H groups in total. The monoisotopic (exact) mass is 363 g/mol. The van der Waals surface area contributed by atoms with Gasteiger partial charge in [-0.05, 0) is 42.5 Å². The van der Waals surface area contributed by atoms with Crippen molar-refractivity contribution in [2.75, 3.05) is 18.0 Å². The lowest BCUT2D eigenvalue weighted by Crippen LogP contribution is -2.48. The second-order valence-electron chi connectivity index (χ2n) is 6.82. The molecule has 1 aromatic carbocycles. The average Bonchev–Trinajstić information content (AvgIpc) is 2.69. The van der Waals surface area contributed by atoms with Crippen molar-refractivity contribution >= 4 is 22.6 Å². The highest BCUT2D eigenvalue weighted by molar-refractivity contribution is 5.82. The van der Waals surface area contributed by atoms with Gasteiger partial charge < -0.3 is 15.2 Å². The van der Waals surface area contributed by atoms with Crippen LogP contribution in [0.4, 0.5) is 5.82 Å². The molecule has 7 heteroatoms. The van der Waals surface area contributed by atoms with Crippen molar-refractivity contribution in [3.05, 3.63) is 64.6 Å². The van der Waals surface area contributed by atoms with Crippen molar-refractivity contribution in [1.82, 2.24) is 20.5 Å². The molecule has 1 atom stereocenters. The maximum Gasteiger partial charge on any atom is 0.252 e. The lowest BCUT2D eigenvalue weighted by atomic mass is 10.0. The Kier molecular flexibility index (Phi) is 4.82. The van der Waals surface area contributed by atoms with E-state index in [9.17, 15) is 9.59 Å². The fraction of sp³-hybridized carbons (Fsp3) is 0.300. The van der Waals surface area contributed by atoms with Crippen LogP contribution < -0.4 is 15.8 Å². The maximum atomic E-state index is 12.5. The molecule has 0 saturated carbocycles. The van der Waals surface area contributed by atoms with Crippen LogP contribution >= 0.6 is 0 Å². The first-order chi connectivity index (χ1) is 13.2. The molecule has 3 heterocycles. The summed E-state index contributed by atoms with van der Waals surface area (Å²) in [6, 6.07) is 13.2. The topological polar surface area (TPSA) is 91.0 Å². The zero-order valence-electron chi connectivity index (χ0n) is 14.9. The van der Waals surface area contributed by atoms with Gasteiger partial charge >= 0.3 is 0 Å². The van der Waals surface area contributed by atoms with Crippen LogP contribution in [0.3, 0.4) is 0 Å². The molecule has 1 aliphatic rings. The molecule has 27 heavy (non-hydrogen) atoms. The Bertz CT molecular complexity index is 1000. The summed E-state index contributed by atoms with van der Waals surface area (Å²) in [5.41, 5.74) is 1.04. The number of pyridine rings is 1. The normalized spacial score (nSPS) is 17.0. The van der Waals surface area contributed by atoms with Crippen LogP contribution in [0.5, 0.6) is 0 Å². The number of hydrogen-bond donors (Lipinski definition) is 2. The highest BCUT2D eigenvalue weighted by Gasteiger charge is 2.22. The van der Waals surface area contributed by atoms with Crippen LogP contribution in [0.25, 0.3) is 10.9 Å². The van der Waals surface area contributed by atoms with Gasteiger partial charge in [0, 0.05) is 36.4 Å². The number of nitrogens with one attached hydrogen (secondary N) is 2. The Hall–Kier alpha value is -3.22. The predicted octanol–water partition coefficient (Wildman–Crippen LogP) is 1.65. The van der Waals surface area contributed by atoms with Crippen molar-refractivity contribution in [2.45, 2.75) is 25.3 Å². The number of aromatic amines is 1. The van der Waals surface area contributed by atoms with Crippen molar-refractivity contribution < 1.29 is 4.79 Å². The van der Waals surface area contributed by atoms with Gasteiger partial charge in [0.2, 0.25) is 5.91 Å². The summed E-state index contributed by atoms with van der Waals surface area (Å²) < 4.78 is 0. The van der Waals surface area contributed by atoms with Crippen molar-refractivity contribution in [1.29, 1.82) is 0 Å².